The van der Waals surface area contributed by atoms with Crippen molar-refractivity contribution in [2.24, 2.45) is 5.73 Å². The van der Waals surface area contributed by atoms with Crippen LogP contribution in [0.15, 0.2) is 5.16 Å². The summed E-state index contributed by atoms with van der Waals surface area (Å²) < 4.78 is 24.9. The molecule has 2 unspecified atom stereocenters. The molecule has 0 radical (unpaired) electrons. The van der Waals surface area contributed by atoms with E-state index in [1.54, 1.807) is 16.4 Å². The van der Waals surface area contributed by atoms with Gasteiger partial charge in [-0.15, -0.1) is 5.10 Å². The molecule has 2 rings (SSSR count). The molecule has 0 saturated heterocycles. The summed E-state index contributed by atoms with van der Waals surface area (Å²) in [6.45, 7) is 1.06. The molecule has 9 heteroatoms. The van der Waals surface area contributed by atoms with E-state index in [1.807, 2.05) is 0 Å². The molecule has 0 amide bonds. The van der Waals surface area contributed by atoms with E-state index in [4.69, 9.17) is 5.73 Å². The summed E-state index contributed by atoms with van der Waals surface area (Å²) >= 11 is 1.56. The van der Waals surface area contributed by atoms with E-state index < -0.39 is 9.84 Å². The molecule has 2 atom stereocenters. The van der Waals surface area contributed by atoms with Crippen LogP contribution in [-0.4, -0.2) is 51.9 Å². The van der Waals surface area contributed by atoms with Gasteiger partial charge < -0.3 is 5.73 Å². The zero-order valence-corrected chi connectivity index (χ0v) is 12.5. The highest BCUT2D eigenvalue weighted by atomic mass is 32.2. The summed E-state index contributed by atoms with van der Waals surface area (Å²) in [5, 5.41) is 12.3. The number of rotatable bonds is 5. The maximum absolute atomic E-state index is 11.6. The Morgan fingerprint density at radius 3 is 2.95 bits per heavy atom. The van der Waals surface area contributed by atoms with Crippen LogP contribution in [0.5, 0.6) is 0 Å². The minimum atomic E-state index is -2.95. The van der Waals surface area contributed by atoms with Crippen molar-refractivity contribution < 1.29 is 8.42 Å². The van der Waals surface area contributed by atoms with E-state index in [9.17, 15) is 8.42 Å². The fourth-order valence-corrected chi connectivity index (χ4v) is 4.83. The lowest BCUT2D eigenvalue weighted by Gasteiger charge is -2.26. The molecule has 1 aliphatic rings. The number of thioether (sulfide) groups is 1. The molecule has 1 saturated carbocycles. The number of tetrazole rings is 1. The van der Waals surface area contributed by atoms with Crippen molar-refractivity contribution in [3.8, 4) is 0 Å². The van der Waals surface area contributed by atoms with Gasteiger partial charge in [-0.25, -0.2) is 13.1 Å². The van der Waals surface area contributed by atoms with E-state index in [-0.39, 0.29) is 10.5 Å². The Balaban J connectivity index is 2.01. The van der Waals surface area contributed by atoms with E-state index in [0.29, 0.717) is 19.5 Å². The Kier molecular flexibility index (Phi) is 4.80. The zero-order valence-electron chi connectivity index (χ0n) is 10.9. The first-order chi connectivity index (χ1) is 9.00. The second kappa shape index (κ2) is 6.19. The molecular weight excluding hydrogens is 286 g/mol. The van der Waals surface area contributed by atoms with Crippen LogP contribution in [0.3, 0.4) is 0 Å². The summed E-state index contributed by atoms with van der Waals surface area (Å²) in [6.07, 6.45) is 4.71. The summed E-state index contributed by atoms with van der Waals surface area (Å²) in [6, 6.07) is 0. The molecule has 19 heavy (non-hydrogen) atoms. The second-order valence-corrected chi connectivity index (χ2v) is 8.42. The Morgan fingerprint density at radius 1 is 1.47 bits per heavy atom. The lowest BCUT2D eigenvalue weighted by atomic mass is 10.00. The first-order valence-electron chi connectivity index (χ1n) is 6.32. The quantitative estimate of drug-likeness (QED) is 0.821. The molecule has 1 aromatic heterocycles. The highest BCUT2D eigenvalue weighted by Gasteiger charge is 2.30. The molecule has 7 nitrogen and oxygen atoms in total. The topological polar surface area (TPSA) is 104 Å². The number of nitrogens with two attached hydrogens (primary N) is 1. The Bertz CT molecular complexity index is 516. The normalized spacial score (nSPS) is 24.5. The van der Waals surface area contributed by atoms with Crippen LogP contribution in [0.1, 0.15) is 25.7 Å². The SMILES string of the molecule is CS(=O)(=O)C1CCCC(Sc2nnnn2CCN)C1. The first-order valence-corrected chi connectivity index (χ1v) is 9.16. The average molecular weight is 305 g/mol. The predicted molar refractivity (Wildman–Crippen MR) is 73.6 cm³/mol. The highest BCUT2D eigenvalue weighted by molar-refractivity contribution is 7.99. The van der Waals surface area contributed by atoms with E-state index in [1.165, 1.54) is 6.26 Å². The molecule has 0 bridgehead atoms. The van der Waals surface area contributed by atoms with Gasteiger partial charge in [0.15, 0.2) is 0 Å². The molecular formula is C10H19N5O2S2. The molecule has 0 spiro atoms. The Morgan fingerprint density at radius 2 is 2.26 bits per heavy atom. The van der Waals surface area contributed by atoms with E-state index in [2.05, 4.69) is 15.5 Å². The lowest BCUT2D eigenvalue weighted by molar-refractivity contribution is 0.492. The van der Waals surface area contributed by atoms with Gasteiger partial charge in [-0.05, 0) is 29.7 Å². The van der Waals surface area contributed by atoms with Crippen molar-refractivity contribution in [3.63, 3.8) is 0 Å². The van der Waals surface area contributed by atoms with Gasteiger partial charge in [-0.1, -0.05) is 18.2 Å². The van der Waals surface area contributed by atoms with E-state index in [0.717, 1.165) is 24.4 Å². The fraction of sp³-hybridized carbons (Fsp3) is 0.900. The highest BCUT2D eigenvalue weighted by Crippen LogP contribution is 2.34. The maximum Gasteiger partial charge on any atom is 0.209 e. The van der Waals surface area contributed by atoms with Crippen LogP contribution >= 0.6 is 11.8 Å². The second-order valence-electron chi connectivity index (χ2n) is 4.83. The van der Waals surface area contributed by atoms with Crippen molar-refractivity contribution in [1.29, 1.82) is 0 Å². The molecule has 1 aliphatic carbocycles. The van der Waals surface area contributed by atoms with Gasteiger partial charge >= 0.3 is 0 Å². The molecule has 2 N–H and O–H groups in total. The maximum atomic E-state index is 11.6. The van der Waals surface area contributed by atoms with Gasteiger partial charge in [0.25, 0.3) is 0 Å². The minimum absolute atomic E-state index is 0.224. The van der Waals surface area contributed by atoms with Gasteiger partial charge in [-0.3, -0.25) is 0 Å². The average Bonchev–Trinajstić information content (AvgIpc) is 2.77. The van der Waals surface area contributed by atoms with Crippen molar-refractivity contribution in [3.05, 3.63) is 0 Å². The summed E-state index contributed by atoms with van der Waals surface area (Å²) in [4.78, 5) is 0. The van der Waals surface area contributed by atoms with Gasteiger partial charge in [0, 0.05) is 18.1 Å². The fourth-order valence-electron chi connectivity index (χ4n) is 2.29. The zero-order chi connectivity index (χ0) is 13.9. The van der Waals surface area contributed by atoms with Crippen LogP contribution in [0.4, 0.5) is 0 Å². The molecule has 1 heterocycles. The van der Waals surface area contributed by atoms with E-state index >= 15 is 0 Å². The van der Waals surface area contributed by atoms with Gasteiger partial charge in [0.1, 0.15) is 9.84 Å². The van der Waals surface area contributed by atoms with Gasteiger partial charge in [-0.2, -0.15) is 0 Å². The third kappa shape index (κ3) is 3.90. The standard InChI is InChI=1S/C10H19N5O2S2/c1-19(16,17)9-4-2-3-8(7-9)18-10-12-13-14-15(10)6-5-11/h8-9H,2-7,11H2,1H3. The van der Waals surface area contributed by atoms with Gasteiger partial charge in [0.2, 0.25) is 5.16 Å². The molecule has 1 aromatic rings. The van der Waals surface area contributed by atoms with Crippen LogP contribution in [-0.2, 0) is 16.4 Å². The van der Waals surface area contributed by atoms with Crippen LogP contribution < -0.4 is 5.73 Å². The Hall–Kier alpha value is -0.670. The first kappa shape index (κ1) is 14.7. The third-order valence-electron chi connectivity index (χ3n) is 3.30. The van der Waals surface area contributed by atoms with Crippen LogP contribution in [0.2, 0.25) is 0 Å². The van der Waals surface area contributed by atoms with Crippen molar-refractivity contribution in [2.45, 2.75) is 47.9 Å². The number of aromatic nitrogens is 4. The largest absolute Gasteiger partial charge is 0.329 e. The smallest absolute Gasteiger partial charge is 0.209 e. The lowest BCUT2D eigenvalue weighted by Crippen LogP contribution is -2.28. The molecule has 0 aromatic carbocycles. The minimum Gasteiger partial charge on any atom is -0.329 e. The molecule has 1 fully saturated rings. The summed E-state index contributed by atoms with van der Waals surface area (Å²) in [5.41, 5.74) is 5.50. The van der Waals surface area contributed by atoms with Crippen molar-refractivity contribution in [2.75, 3.05) is 12.8 Å². The van der Waals surface area contributed by atoms with Crippen LogP contribution in [0, 0.1) is 0 Å². The number of nitrogens with zero attached hydrogens (tertiary/aromatic N) is 4. The number of hydrogen-bond acceptors (Lipinski definition) is 7. The summed E-state index contributed by atoms with van der Waals surface area (Å²) in [7, 11) is -2.95. The number of hydrogen-bond donors (Lipinski definition) is 1. The van der Waals surface area contributed by atoms with Gasteiger partial charge in [0.05, 0.1) is 11.8 Å². The monoisotopic (exact) mass is 305 g/mol. The van der Waals surface area contributed by atoms with Crippen LogP contribution in [0.25, 0.3) is 0 Å². The molecule has 0 aliphatic heterocycles. The third-order valence-corrected chi connectivity index (χ3v) is 6.20. The Labute approximate surface area is 117 Å². The van der Waals surface area contributed by atoms with Crippen molar-refractivity contribution >= 4 is 21.6 Å². The molecule has 108 valence electrons. The summed E-state index contributed by atoms with van der Waals surface area (Å²) in [5.74, 6) is 0. The number of sulfone groups is 1. The van der Waals surface area contributed by atoms with Crippen molar-refractivity contribution in [1.82, 2.24) is 20.2 Å². The predicted octanol–water partition coefficient (Wildman–Crippen LogP) is 0.0797.